The van der Waals surface area contributed by atoms with Gasteiger partial charge in [0.25, 0.3) is 0 Å². The number of benzene rings is 1. The van der Waals surface area contributed by atoms with E-state index in [1.165, 1.54) is 13.2 Å². The Hall–Kier alpha value is -2.43. The Bertz CT molecular complexity index is 729. The van der Waals surface area contributed by atoms with Crippen LogP contribution in [0.4, 0.5) is 0 Å². The molecule has 3 rings (SSSR count). The van der Waals surface area contributed by atoms with Gasteiger partial charge in [-0.3, -0.25) is 19.7 Å². The van der Waals surface area contributed by atoms with Crippen LogP contribution in [0.15, 0.2) is 28.9 Å². The molecule has 1 aromatic carbocycles. The predicted molar refractivity (Wildman–Crippen MR) is 71.3 cm³/mol. The number of carbonyl (C=O) groups excluding carboxylic acids is 3. The van der Waals surface area contributed by atoms with E-state index in [0.717, 1.165) is 10.9 Å². The molecular weight excluding hydrogens is 258 g/mol. The van der Waals surface area contributed by atoms with Crippen LogP contribution in [0.1, 0.15) is 41.6 Å². The van der Waals surface area contributed by atoms with Gasteiger partial charge in [-0.15, -0.1) is 0 Å². The molecule has 20 heavy (non-hydrogen) atoms. The van der Waals surface area contributed by atoms with Gasteiger partial charge in [0, 0.05) is 22.9 Å². The monoisotopic (exact) mass is 271 g/mol. The molecule has 1 aromatic heterocycles. The molecule has 0 radical (unpaired) electrons. The lowest BCUT2D eigenvalue weighted by molar-refractivity contribution is -0.134. The van der Waals surface area contributed by atoms with Gasteiger partial charge in [0.2, 0.25) is 11.8 Å². The minimum atomic E-state index is -0.378. The molecule has 5 nitrogen and oxygen atoms in total. The van der Waals surface area contributed by atoms with Crippen LogP contribution >= 0.6 is 0 Å². The highest BCUT2D eigenvalue weighted by Gasteiger charge is 2.30. The summed E-state index contributed by atoms with van der Waals surface area (Å²) in [6.07, 6.45) is 2.34. The predicted octanol–water partition coefficient (Wildman–Crippen LogP) is 2.16. The Kier molecular flexibility index (Phi) is 2.89. The van der Waals surface area contributed by atoms with E-state index < -0.39 is 0 Å². The Morgan fingerprint density at radius 1 is 1.35 bits per heavy atom. The van der Waals surface area contributed by atoms with Crippen LogP contribution in [0.3, 0.4) is 0 Å². The summed E-state index contributed by atoms with van der Waals surface area (Å²) in [5, 5.41) is 3.15. The highest BCUT2D eigenvalue weighted by atomic mass is 16.3. The summed E-state index contributed by atoms with van der Waals surface area (Å²) in [6, 6.07) is 5.18. The van der Waals surface area contributed by atoms with E-state index in [1.54, 1.807) is 18.2 Å². The highest BCUT2D eigenvalue weighted by Crippen LogP contribution is 2.32. The maximum absolute atomic E-state index is 11.9. The molecule has 2 aromatic rings. The molecule has 5 heteroatoms. The Morgan fingerprint density at radius 3 is 2.85 bits per heavy atom. The molecule has 0 bridgehead atoms. The number of carbonyl (C=O) groups is 3. The van der Waals surface area contributed by atoms with Crippen molar-refractivity contribution in [2.75, 3.05) is 0 Å². The Morgan fingerprint density at radius 2 is 2.15 bits per heavy atom. The van der Waals surface area contributed by atoms with Crippen molar-refractivity contribution in [2.45, 2.75) is 25.7 Å². The van der Waals surface area contributed by atoms with Crippen molar-refractivity contribution in [3.05, 3.63) is 35.6 Å². The fourth-order valence-corrected chi connectivity index (χ4v) is 2.53. The SMILES string of the molecule is CC(=O)c1ccc2c(C3CCC(=O)NC3=O)coc2c1. The number of furan rings is 1. The number of hydrogen-bond acceptors (Lipinski definition) is 4. The fourth-order valence-electron chi connectivity index (χ4n) is 2.53. The minimum Gasteiger partial charge on any atom is -0.464 e. The number of amides is 2. The molecule has 1 atom stereocenters. The van der Waals surface area contributed by atoms with E-state index in [2.05, 4.69) is 5.32 Å². The summed E-state index contributed by atoms with van der Waals surface area (Å²) in [6.45, 7) is 1.49. The number of fused-ring (bicyclic) bond motifs is 1. The largest absolute Gasteiger partial charge is 0.464 e. The van der Waals surface area contributed by atoms with Crippen LogP contribution in [0.2, 0.25) is 0 Å². The zero-order valence-corrected chi connectivity index (χ0v) is 10.9. The third-order valence-electron chi connectivity index (χ3n) is 3.63. The van der Waals surface area contributed by atoms with E-state index in [1.807, 2.05) is 0 Å². The molecule has 1 N–H and O–H groups in total. The van der Waals surface area contributed by atoms with Gasteiger partial charge in [-0.25, -0.2) is 0 Å². The van der Waals surface area contributed by atoms with Gasteiger partial charge in [0.05, 0.1) is 12.2 Å². The van der Waals surface area contributed by atoms with Gasteiger partial charge in [-0.05, 0) is 19.4 Å². The lowest BCUT2D eigenvalue weighted by atomic mass is 9.90. The van der Waals surface area contributed by atoms with Crippen LogP contribution < -0.4 is 5.32 Å². The molecule has 1 aliphatic rings. The fraction of sp³-hybridized carbons (Fsp3) is 0.267. The summed E-state index contributed by atoms with van der Waals surface area (Å²) in [5.74, 6) is -0.944. The van der Waals surface area contributed by atoms with Gasteiger partial charge in [0.15, 0.2) is 5.78 Å². The number of Topliss-reactive ketones (excluding diaryl/α,β-unsaturated/α-hetero) is 1. The first kappa shape index (κ1) is 12.6. The average molecular weight is 271 g/mol. The van der Waals surface area contributed by atoms with Gasteiger partial charge in [0.1, 0.15) is 5.58 Å². The number of piperidine rings is 1. The van der Waals surface area contributed by atoms with Crippen molar-refractivity contribution in [2.24, 2.45) is 0 Å². The summed E-state index contributed by atoms with van der Waals surface area (Å²) in [4.78, 5) is 34.4. The second-order valence-corrected chi connectivity index (χ2v) is 4.96. The molecule has 0 saturated carbocycles. The van der Waals surface area contributed by atoms with Crippen molar-refractivity contribution in [1.29, 1.82) is 0 Å². The summed E-state index contributed by atoms with van der Waals surface area (Å²) in [7, 11) is 0. The maximum atomic E-state index is 11.9. The number of rotatable bonds is 2. The first-order valence-corrected chi connectivity index (χ1v) is 6.42. The first-order chi connectivity index (χ1) is 9.56. The van der Waals surface area contributed by atoms with Gasteiger partial charge in [-0.2, -0.15) is 0 Å². The molecule has 1 saturated heterocycles. The van der Waals surface area contributed by atoms with Crippen LogP contribution in [-0.4, -0.2) is 17.6 Å². The van der Waals surface area contributed by atoms with Gasteiger partial charge >= 0.3 is 0 Å². The molecule has 0 aliphatic carbocycles. The van der Waals surface area contributed by atoms with Crippen LogP contribution in [-0.2, 0) is 9.59 Å². The van der Waals surface area contributed by atoms with Crippen molar-refractivity contribution in [3.8, 4) is 0 Å². The van der Waals surface area contributed by atoms with Crippen molar-refractivity contribution < 1.29 is 18.8 Å². The molecule has 2 heterocycles. The third kappa shape index (κ3) is 2.01. The zero-order valence-electron chi connectivity index (χ0n) is 10.9. The Labute approximate surface area is 114 Å². The van der Waals surface area contributed by atoms with E-state index in [0.29, 0.717) is 24.0 Å². The summed E-state index contributed by atoms with van der Waals surface area (Å²) < 4.78 is 5.45. The molecule has 1 unspecified atom stereocenters. The topological polar surface area (TPSA) is 76.4 Å². The lowest BCUT2D eigenvalue weighted by Gasteiger charge is -2.19. The molecular formula is C15H13NO4. The van der Waals surface area contributed by atoms with E-state index >= 15 is 0 Å². The van der Waals surface area contributed by atoms with Crippen LogP contribution in [0.5, 0.6) is 0 Å². The number of hydrogen-bond donors (Lipinski definition) is 1. The second kappa shape index (κ2) is 4.59. The van der Waals surface area contributed by atoms with Crippen LogP contribution in [0, 0.1) is 0 Å². The number of nitrogens with one attached hydrogen (secondary N) is 1. The molecule has 102 valence electrons. The lowest BCUT2D eigenvalue weighted by Crippen LogP contribution is -2.39. The van der Waals surface area contributed by atoms with E-state index in [-0.39, 0.29) is 23.5 Å². The number of ketones is 1. The average Bonchev–Trinajstić information content (AvgIpc) is 2.81. The second-order valence-electron chi connectivity index (χ2n) is 4.96. The van der Waals surface area contributed by atoms with Gasteiger partial charge < -0.3 is 4.42 Å². The normalized spacial score (nSPS) is 19.1. The van der Waals surface area contributed by atoms with Crippen molar-refractivity contribution in [1.82, 2.24) is 5.32 Å². The standard InChI is InChI=1S/C15H13NO4/c1-8(17)9-2-3-10-12(7-20-13(10)6-9)11-4-5-14(18)16-15(11)19/h2-3,6-7,11H,4-5H2,1H3,(H,16,18,19). The smallest absolute Gasteiger partial charge is 0.234 e. The van der Waals surface area contributed by atoms with E-state index in [9.17, 15) is 14.4 Å². The maximum Gasteiger partial charge on any atom is 0.234 e. The summed E-state index contributed by atoms with van der Waals surface area (Å²) in [5.41, 5.74) is 1.92. The first-order valence-electron chi connectivity index (χ1n) is 6.42. The minimum absolute atomic E-state index is 0.0362. The van der Waals surface area contributed by atoms with Crippen LogP contribution in [0.25, 0.3) is 11.0 Å². The van der Waals surface area contributed by atoms with Crippen molar-refractivity contribution >= 4 is 28.6 Å². The van der Waals surface area contributed by atoms with E-state index in [4.69, 9.17) is 4.42 Å². The van der Waals surface area contributed by atoms with Gasteiger partial charge in [-0.1, -0.05) is 12.1 Å². The third-order valence-corrected chi connectivity index (χ3v) is 3.63. The quantitative estimate of drug-likeness (QED) is 0.670. The zero-order chi connectivity index (χ0) is 14.3. The summed E-state index contributed by atoms with van der Waals surface area (Å²) >= 11 is 0. The molecule has 0 spiro atoms. The highest BCUT2D eigenvalue weighted by molar-refractivity contribution is 6.03. The van der Waals surface area contributed by atoms with Crippen molar-refractivity contribution in [3.63, 3.8) is 0 Å². The number of imide groups is 1. The molecule has 2 amide bonds. The Balaban J connectivity index is 2.02. The molecule has 1 aliphatic heterocycles. The molecule has 1 fully saturated rings.